The molecule has 0 aliphatic carbocycles. The molecular weight excluding hydrogens is 304 g/mol. The SMILES string of the molecule is OCc1cc(NCc2ccc3c(c2)CCO3)ccc1-c1cnco1. The molecule has 0 amide bonds. The minimum Gasteiger partial charge on any atom is -0.493 e. The summed E-state index contributed by atoms with van der Waals surface area (Å²) < 4.78 is 10.9. The predicted molar refractivity (Wildman–Crippen MR) is 90.8 cm³/mol. The number of hydrogen-bond donors (Lipinski definition) is 2. The number of aromatic nitrogens is 1. The number of fused-ring (bicyclic) bond motifs is 1. The van der Waals surface area contributed by atoms with E-state index >= 15 is 0 Å². The maximum atomic E-state index is 9.63. The smallest absolute Gasteiger partial charge is 0.181 e. The quantitative estimate of drug-likeness (QED) is 0.754. The number of oxazole rings is 1. The molecule has 0 atom stereocenters. The first-order chi connectivity index (χ1) is 11.8. The van der Waals surface area contributed by atoms with Crippen LogP contribution in [0.25, 0.3) is 11.3 Å². The van der Waals surface area contributed by atoms with Crippen molar-refractivity contribution in [3.8, 4) is 17.1 Å². The fourth-order valence-electron chi connectivity index (χ4n) is 2.98. The van der Waals surface area contributed by atoms with Crippen molar-refractivity contribution in [2.75, 3.05) is 11.9 Å². The summed E-state index contributed by atoms with van der Waals surface area (Å²) in [6.07, 6.45) is 4.01. The molecular formula is C19H18N2O3. The van der Waals surface area contributed by atoms with Gasteiger partial charge in [0.25, 0.3) is 0 Å². The lowest BCUT2D eigenvalue weighted by Crippen LogP contribution is -2.01. The van der Waals surface area contributed by atoms with Crippen LogP contribution in [0.15, 0.2) is 53.4 Å². The van der Waals surface area contributed by atoms with Gasteiger partial charge >= 0.3 is 0 Å². The summed E-state index contributed by atoms with van der Waals surface area (Å²) in [5, 5.41) is 13.0. The molecule has 1 aliphatic heterocycles. The summed E-state index contributed by atoms with van der Waals surface area (Å²) in [4.78, 5) is 3.93. The average Bonchev–Trinajstić information content (AvgIpc) is 3.30. The molecule has 5 nitrogen and oxygen atoms in total. The number of nitrogens with one attached hydrogen (secondary N) is 1. The number of hydrogen-bond acceptors (Lipinski definition) is 5. The van der Waals surface area contributed by atoms with Crippen LogP contribution in [0.5, 0.6) is 5.75 Å². The first-order valence-corrected chi connectivity index (χ1v) is 7.94. The summed E-state index contributed by atoms with van der Waals surface area (Å²) in [7, 11) is 0. The Bertz CT molecular complexity index is 844. The minimum atomic E-state index is -0.0538. The molecule has 4 rings (SSSR count). The van der Waals surface area contributed by atoms with Crippen LogP contribution in [0, 0.1) is 0 Å². The van der Waals surface area contributed by atoms with Crippen LogP contribution in [-0.4, -0.2) is 16.7 Å². The van der Waals surface area contributed by atoms with Gasteiger partial charge in [-0.3, -0.25) is 0 Å². The van der Waals surface area contributed by atoms with Crippen LogP contribution in [0.3, 0.4) is 0 Å². The Morgan fingerprint density at radius 2 is 2.12 bits per heavy atom. The molecule has 2 heterocycles. The van der Waals surface area contributed by atoms with Crippen LogP contribution in [0.2, 0.25) is 0 Å². The van der Waals surface area contributed by atoms with Crippen molar-refractivity contribution in [2.45, 2.75) is 19.6 Å². The van der Waals surface area contributed by atoms with Crippen LogP contribution in [0.4, 0.5) is 5.69 Å². The van der Waals surface area contributed by atoms with Gasteiger partial charge in [-0.25, -0.2) is 4.98 Å². The van der Waals surface area contributed by atoms with Crippen molar-refractivity contribution in [1.29, 1.82) is 0 Å². The second-order valence-corrected chi connectivity index (χ2v) is 5.79. The highest BCUT2D eigenvalue weighted by Gasteiger charge is 2.12. The zero-order valence-electron chi connectivity index (χ0n) is 13.2. The highest BCUT2D eigenvalue weighted by molar-refractivity contribution is 5.65. The Hall–Kier alpha value is -2.79. The predicted octanol–water partition coefficient (Wildman–Crippen LogP) is 3.38. The van der Waals surface area contributed by atoms with E-state index in [4.69, 9.17) is 9.15 Å². The molecule has 0 saturated heterocycles. The summed E-state index contributed by atoms with van der Waals surface area (Å²) in [6, 6.07) is 12.1. The van der Waals surface area contributed by atoms with Gasteiger partial charge in [0.2, 0.25) is 0 Å². The van der Waals surface area contributed by atoms with Crippen LogP contribution in [-0.2, 0) is 19.6 Å². The molecule has 5 heteroatoms. The van der Waals surface area contributed by atoms with Gasteiger partial charge in [0.1, 0.15) is 5.75 Å². The van der Waals surface area contributed by atoms with Crippen molar-refractivity contribution in [3.63, 3.8) is 0 Å². The first-order valence-electron chi connectivity index (χ1n) is 7.94. The molecule has 1 aromatic heterocycles. The molecule has 2 N–H and O–H groups in total. The van der Waals surface area contributed by atoms with E-state index in [0.717, 1.165) is 42.1 Å². The third-order valence-corrected chi connectivity index (χ3v) is 4.22. The number of aliphatic hydroxyl groups excluding tert-OH is 1. The lowest BCUT2D eigenvalue weighted by molar-refractivity contribution is 0.282. The maximum Gasteiger partial charge on any atom is 0.181 e. The number of anilines is 1. The lowest BCUT2D eigenvalue weighted by atomic mass is 10.0. The molecule has 2 aromatic carbocycles. The fourth-order valence-corrected chi connectivity index (χ4v) is 2.98. The molecule has 0 saturated carbocycles. The second-order valence-electron chi connectivity index (χ2n) is 5.79. The van der Waals surface area contributed by atoms with Crippen molar-refractivity contribution in [3.05, 3.63) is 65.7 Å². The standard InChI is InChI=1S/C19H18N2O3/c22-11-15-8-16(2-3-17(15)19-10-20-12-24-19)21-9-13-1-4-18-14(7-13)5-6-23-18/h1-4,7-8,10,12,21-22H,5-6,9,11H2. The number of nitrogens with zero attached hydrogens (tertiary/aromatic N) is 1. The molecule has 0 fully saturated rings. The van der Waals surface area contributed by atoms with Gasteiger partial charge in [-0.05, 0) is 41.0 Å². The monoisotopic (exact) mass is 322 g/mol. The van der Waals surface area contributed by atoms with Crippen molar-refractivity contribution in [2.24, 2.45) is 0 Å². The van der Waals surface area contributed by atoms with E-state index < -0.39 is 0 Å². The van der Waals surface area contributed by atoms with Gasteiger partial charge in [-0.2, -0.15) is 0 Å². The van der Waals surface area contributed by atoms with Crippen molar-refractivity contribution >= 4 is 5.69 Å². The van der Waals surface area contributed by atoms with Gasteiger partial charge < -0.3 is 19.6 Å². The van der Waals surface area contributed by atoms with Gasteiger partial charge in [0.05, 0.1) is 19.4 Å². The average molecular weight is 322 g/mol. The molecule has 122 valence electrons. The molecule has 0 spiro atoms. The van der Waals surface area contributed by atoms with Crippen molar-refractivity contribution < 1.29 is 14.3 Å². The van der Waals surface area contributed by atoms with E-state index in [9.17, 15) is 5.11 Å². The molecule has 24 heavy (non-hydrogen) atoms. The Balaban J connectivity index is 1.51. The number of rotatable bonds is 5. The van der Waals surface area contributed by atoms with E-state index in [1.54, 1.807) is 6.20 Å². The van der Waals surface area contributed by atoms with Crippen molar-refractivity contribution in [1.82, 2.24) is 4.98 Å². The molecule has 0 bridgehead atoms. The Morgan fingerprint density at radius 3 is 2.96 bits per heavy atom. The highest BCUT2D eigenvalue weighted by atomic mass is 16.5. The Labute approximate surface area is 139 Å². The van der Waals surface area contributed by atoms with Gasteiger partial charge in [0, 0.05) is 24.2 Å². The van der Waals surface area contributed by atoms with E-state index in [0.29, 0.717) is 5.76 Å². The minimum absolute atomic E-state index is 0.0538. The van der Waals surface area contributed by atoms with Crippen LogP contribution in [0.1, 0.15) is 16.7 Å². The van der Waals surface area contributed by atoms with E-state index in [2.05, 4.69) is 22.4 Å². The zero-order valence-corrected chi connectivity index (χ0v) is 13.2. The van der Waals surface area contributed by atoms with E-state index in [1.165, 1.54) is 17.5 Å². The second kappa shape index (κ2) is 6.37. The third kappa shape index (κ3) is 2.86. The number of aliphatic hydroxyl groups is 1. The van der Waals surface area contributed by atoms with E-state index in [1.807, 2.05) is 24.3 Å². The molecule has 0 radical (unpaired) electrons. The van der Waals surface area contributed by atoms with E-state index in [-0.39, 0.29) is 6.61 Å². The summed E-state index contributed by atoms with van der Waals surface area (Å²) in [5.41, 5.74) is 5.10. The van der Waals surface area contributed by atoms with Gasteiger partial charge in [-0.1, -0.05) is 12.1 Å². The maximum absolute atomic E-state index is 9.63. The highest BCUT2D eigenvalue weighted by Crippen LogP contribution is 2.28. The first kappa shape index (κ1) is 14.8. The topological polar surface area (TPSA) is 67.5 Å². The summed E-state index contributed by atoms with van der Waals surface area (Å²) in [5.74, 6) is 1.65. The fraction of sp³-hybridized carbons (Fsp3) is 0.211. The number of ether oxygens (including phenoxy) is 1. The van der Waals surface area contributed by atoms with Gasteiger partial charge in [0.15, 0.2) is 12.2 Å². The summed E-state index contributed by atoms with van der Waals surface area (Å²) in [6.45, 7) is 1.44. The Kier molecular flexibility index (Phi) is 3.92. The molecule has 1 aliphatic rings. The molecule has 0 unspecified atom stereocenters. The van der Waals surface area contributed by atoms with Gasteiger partial charge in [-0.15, -0.1) is 0 Å². The normalized spacial score (nSPS) is 12.7. The Morgan fingerprint density at radius 1 is 1.17 bits per heavy atom. The third-order valence-electron chi connectivity index (χ3n) is 4.22. The lowest BCUT2D eigenvalue weighted by Gasteiger charge is -2.11. The molecule has 3 aromatic rings. The largest absolute Gasteiger partial charge is 0.493 e. The summed E-state index contributed by atoms with van der Waals surface area (Å²) >= 11 is 0. The van der Waals surface area contributed by atoms with Crippen LogP contribution < -0.4 is 10.1 Å². The number of benzene rings is 2. The zero-order chi connectivity index (χ0) is 16.4. The van der Waals surface area contributed by atoms with Crippen LogP contribution >= 0.6 is 0 Å².